The van der Waals surface area contributed by atoms with Gasteiger partial charge in [-0.25, -0.2) is 8.42 Å². The summed E-state index contributed by atoms with van der Waals surface area (Å²) in [6.07, 6.45) is 3.66. The molecule has 3 aliphatic rings. The van der Waals surface area contributed by atoms with Crippen molar-refractivity contribution in [3.8, 4) is 0 Å². The first-order chi connectivity index (χ1) is 8.66. The summed E-state index contributed by atoms with van der Waals surface area (Å²) >= 11 is 3.48. The summed E-state index contributed by atoms with van der Waals surface area (Å²) in [7, 11) is -2.92. The molecular weight excluding hydrogens is 328 g/mol. The predicted octanol–water partition coefficient (Wildman–Crippen LogP) is 2.78. The van der Waals surface area contributed by atoms with Crippen molar-refractivity contribution in [2.24, 2.45) is 16.7 Å². The second-order valence-electron chi connectivity index (χ2n) is 7.37. The van der Waals surface area contributed by atoms with Crippen LogP contribution in [0.4, 0.5) is 0 Å². The lowest BCUT2D eigenvalue weighted by Gasteiger charge is -2.40. The number of ether oxygens (including phenoxy) is 1. The van der Waals surface area contributed by atoms with Crippen LogP contribution in [0.2, 0.25) is 0 Å². The highest BCUT2D eigenvalue weighted by molar-refractivity contribution is 9.09. The monoisotopic (exact) mass is 350 g/mol. The SMILES string of the molecule is CC1(C)C2CCC1(C)C(OC1CS(=O)(=O)CC1Br)C2. The van der Waals surface area contributed by atoms with Crippen LogP contribution in [0.1, 0.15) is 40.0 Å². The minimum absolute atomic E-state index is 0.0386. The standard InChI is InChI=1S/C14H23BrO3S/c1-13(2)9-4-5-14(13,3)12(6-9)18-11-8-19(16,17)7-10(11)15/h9-12H,4-8H2,1-3H3. The Kier molecular flexibility index (Phi) is 3.17. The molecule has 0 aromatic carbocycles. The van der Waals surface area contributed by atoms with Gasteiger partial charge in [0.15, 0.2) is 9.84 Å². The van der Waals surface area contributed by atoms with E-state index in [1.54, 1.807) is 0 Å². The molecule has 0 amide bonds. The third-order valence-electron chi connectivity index (χ3n) is 6.29. The van der Waals surface area contributed by atoms with Gasteiger partial charge in [0.25, 0.3) is 0 Å². The Labute approximate surface area is 124 Å². The summed E-state index contributed by atoms with van der Waals surface area (Å²) < 4.78 is 29.6. The summed E-state index contributed by atoms with van der Waals surface area (Å²) in [5.74, 6) is 1.13. The van der Waals surface area contributed by atoms with Crippen LogP contribution in [0.3, 0.4) is 0 Å². The highest BCUT2D eigenvalue weighted by Crippen LogP contribution is 2.66. The Morgan fingerprint density at radius 3 is 2.32 bits per heavy atom. The topological polar surface area (TPSA) is 43.4 Å². The van der Waals surface area contributed by atoms with Gasteiger partial charge in [0.2, 0.25) is 0 Å². The van der Waals surface area contributed by atoms with Crippen molar-refractivity contribution in [2.75, 3.05) is 11.5 Å². The molecular formula is C14H23BrO3S. The fraction of sp³-hybridized carbons (Fsp3) is 1.00. The molecule has 1 saturated heterocycles. The lowest BCUT2D eigenvalue weighted by Crippen LogP contribution is -2.40. The highest BCUT2D eigenvalue weighted by atomic mass is 79.9. The Hall–Kier alpha value is 0.390. The largest absolute Gasteiger partial charge is 0.372 e. The summed E-state index contributed by atoms with van der Waals surface area (Å²) in [6.45, 7) is 7.04. The Morgan fingerprint density at radius 1 is 1.21 bits per heavy atom. The van der Waals surface area contributed by atoms with E-state index in [4.69, 9.17) is 4.74 Å². The molecule has 3 nitrogen and oxygen atoms in total. The van der Waals surface area contributed by atoms with Crippen LogP contribution < -0.4 is 0 Å². The van der Waals surface area contributed by atoms with Crippen molar-refractivity contribution in [1.29, 1.82) is 0 Å². The molecule has 0 spiro atoms. The first-order valence-electron chi connectivity index (χ1n) is 7.16. The van der Waals surface area contributed by atoms with E-state index in [0.717, 1.165) is 12.3 Å². The molecule has 0 N–H and O–H groups in total. The third-order valence-corrected chi connectivity index (χ3v) is 9.33. The van der Waals surface area contributed by atoms with Crippen LogP contribution in [0.15, 0.2) is 0 Å². The number of halogens is 1. The first-order valence-corrected chi connectivity index (χ1v) is 9.89. The Morgan fingerprint density at radius 2 is 1.89 bits per heavy atom. The van der Waals surface area contributed by atoms with Gasteiger partial charge in [0.05, 0.1) is 28.5 Å². The van der Waals surface area contributed by atoms with Crippen molar-refractivity contribution in [1.82, 2.24) is 0 Å². The maximum absolute atomic E-state index is 11.7. The molecule has 2 saturated carbocycles. The molecule has 19 heavy (non-hydrogen) atoms. The van der Waals surface area contributed by atoms with E-state index in [1.807, 2.05) is 0 Å². The average Bonchev–Trinajstić information content (AvgIpc) is 2.72. The number of alkyl halides is 1. The second-order valence-corrected chi connectivity index (χ2v) is 10.7. The van der Waals surface area contributed by atoms with E-state index in [0.29, 0.717) is 5.41 Å². The maximum atomic E-state index is 11.7. The molecule has 3 fully saturated rings. The van der Waals surface area contributed by atoms with Crippen molar-refractivity contribution < 1.29 is 13.2 Å². The van der Waals surface area contributed by atoms with Crippen molar-refractivity contribution in [2.45, 2.75) is 57.1 Å². The van der Waals surface area contributed by atoms with E-state index in [2.05, 4.69) is 36.7 Å². The van der Waals surface area contributed by atoms with E-state index in [9.17, 15) is 8.42 Å². The summed E-state index contributed by atoms with van der Waals surface area (Å²) in [5.41, 5.74) is 0.522. The zero-order chi connectivity index (χ0) is 14.1. The molecule has 0 aromatic rings. The zero-order valence-electron chi connectivity index (χ0n) is 11.9. The van der Waals surface area contributed by atoms with Gasteiger partial charge in [-0.05, 0) is 36.0 Å². The van der Waals surface area contributed by atoms with Gasteiger partial charge in [0.1, 0.15) is 0 Å². The van der Waals surface area contributed by atoms with Gasteiger partial charge in [0, 0.05) is 0 Å². The molecule has 2 aliphatic carbocycles. The lowest BCUT2D eigenvalue weighted by atomic mass is 9.70. The van der Waals surface area contributed by atoms with Gasteiger partial charge in [-0.3, -0.25) is 0 Å². The molecule has 5 unspecified atom stereocenters. The molecule has 0 aromatic heterocycles. The number of hydrogen-bond donors (Lipinski definition) is 0. The zero-order valence-corrected chi connectivity index (χ0v) is 14.3. The third kappa shape index (κ3) is 2.03. The van der Waals surface area contributed by atoms with Crippen molar-refractivity contribution >= 4 is 25.8 Å². The molecule has 1 heterocycles. The van der Waals surface area contributed by atoms with Gasteiger partial charge < -0.3 is 4.74 Å². The molecule has 5 heteroatoms. The van der Waals surface area contributed by atoms with Crippen molar-refractivity contribution in [3.63, 3.8) is 0 Å². The number of hydrogen-bond acceptors (Lipinski definition) is 3. The van der Waals surface area contributed by atoms with E-state index < -0.39 is 9.84 Å². The summed E-state index contributed by atoms with van der Waals surface area (Å²) in [4.78, 5) is -0.0386. The van der Waals surface area contributed by atoms with Crippen LogP contribution in [0, 0.1) is 16.7 Å². The van der Waals surface area contributed by atoms with Crippen LogP contribution in [-0.2, 0) is 14.6 Å². The molecule has 5 atom stereocenters. The fourth-order valence-corrected chi connectivity index (χ4v) is 7.86. The minimum Gasteiger partial charge on any atom is -0.372 e. The van der Waals surface area contributed by atoms with Crippen molar-refractivity contribution in [3.05, 3.63) is 0 Å². The summed E-state index contributed by atoms with van der Waals surface area (Å²) in [6, 6.07) is 0. The summed E-state index contributed by atoms with van der Waals surface area (Å²) in [5, 5.41) is 0. The lowest BCUT2D eigenvalue weighted by molar-refractivity contribution is -0.0752. The first kappa shape index (κ1) is 14.3. The average molecular weight is 351 g/mol. The Bertz CT molecular complexity index is 487. The molecule has 0 radical (unpaired) electrons. The van der Waals surface area contributed by atoms with Crippen LogP contribution in [-0.4, -0.2) is 37.0 Å². The molecule has 110 valence electrons. The maximum Gasteiger partial charge on any atom is 0.154 e. The van der Waals surface area contributed by atoms with Gasteiger partial charge >= 0.3 is 0 Å². The Balaban J connectivity index is 1.76. The van der Waals surface area contributed by atoms with E-state index >= 15 is 0 Å². The highest BCUT2D eigenvalue weighted by Gasteiger charge is 2.62. The van der Waals surface area contributed by atoms with Crippen LogP contribution >= 0.6 is 15.9 Å². The second kappa shape index (κ2) is 4.20. The number of sulfone groups is 1. The molecule has 3 rings (SSSR count). The van der Waals surface area contributed by atoms with Gasteiger partial charge in [-0.1, -0.05) is 36.7 Å². The van der Waals surface area contributed by atoms with Gasteiger partial charge in [-0.2, -0.15) is 0 Å². The minimum atomic E-state index is -2.92. The smallest absolute Gasteiger partial charge is 0.154 e. The predicted molar refractivity (Wildman–Crippen MR) is 79.3 cm³/mol. The van der Waals surface area contributed by atoms with E-state index in [1.165, 1.54) is 12.8 Å². The quantitative estimate of drug-likeness (QED) is 0.719. The molecule has 1 aliphatic heterocycles. The van der Waals surface area contributed by atoms with Gasteiger partial charge in [-0.15, -0.1) is 0 Å². The van der Waals surface area contributed by atoms with Crippen LogP contribution in [0.25, 0.3) is 0 Å². The normalized spacial score (nSPS) is 50.7. The molecule has 2 bridgehead atoms. The van der Waals surface area contributed by atoms with E-state index in [-0.39, 0.29) is 34.0 Å². The van der Waals surface area contributed by atoms with Crippen LogP contribution in [0.5, 0.6) is 0 Å². The number of fused-ring (bicyclic) bond motifs is 2. The fourth-order valence-electron chi connectivity index (χ4n) is 4.44. The number of rotatable bonds is 2.